The third-order valence-electron chi connectivity index (χ3n) is 4.37. The maximum absolute atomic E-state index is 12.1. The number of carbonyl (C=O) groups excluding carboxylic acids is 1. The normalized spacial score (nSPS) is 11.1. The number of hydrogen-bond donors (Lipinski definition) is 3. The van der Waals surface area contributed by atoms with E-state index in [4.69, 9.17) is 9.47 Å². The first-order chi connectivity index (χ1) is 13.2. The van der Waals surface area contributed by atoms with Gasteiger partial charge in [0.15, 0.2) is 0 Å². The third-order valence-corrected chi connectivity index (χ3v) is 4.37. The fourth-order valence-corrected chi connectivity index (χ4v) is 2.87. The van der Waals surface area contributed by atoms with Crippen LogP contribution in [0.3, 0.4) is 0 Å². The highest BCUT2D eigenvalue weighted by molar-refractivity contribution is 5.92. The Morgan fingerprint density at radius 1 is 1.07 bits per heavy atom. The molecule has 0 aliphatic rings. The second-order valence-electron chi connectivity index (χ2n) is 6.68. The molecule has 0 bridgehead atoms. The van der Waals surface area contributed by atoms with Gasteiger partial charge in [0.05, 0.1) is 6.42 Å². The lowest BCUT2D eigenvalue weighted by atomic mass is 10.1. The molecular formula is C21H32N2O4. The topological polar surface area (TPSA) is 83.6 Å². The summed E-state index contributed by atoms with van der Waals surface area (Å²) in [6.07, 6.45) is 7.14. The molecule has 0 saturated carbocycles. The van der Waals surface area contributed by atoms with Crippen molar-refractivity contribution in [2.24, 2.45) is 0 Å². The van der Waals surface area contributed by atoms with Crippen LogP contribution in [0.4, 0.5) is 0 Å². The van der Waals surface area contributed by atoms with Gasteiger partial charge in [-0.05, 0) is 43.4 Å². The molecule has 150 valence electrons. The fourth-order valence-electron chi connectivity index (χ4n) is 2.87. The summed E-state index contributed by atoms with van der Waals surface area (Å²) >= 11 is 0. The molecule has 0 fully saturated rings. The van der Waals surface area contributed by atoms with Crippen molar-refractivity contribution in [3.63, 3.8) is 0 Å². The van der Waals surface area contributed by atoms with E-state index < -0.39 is 0 Å². The average molecular weight is 376 g/mol. The van der Waals surface area contributed by atoms with Crippen LogP contribution >= 0.6 is 0 Å². The van der Waals surface area contributed by atoms with Gasteiger partial charge in [-0.1, -0.05) is 19.4 Å². The maximum Gasteiger partial charge on any atom is 0.224 e. The molecule has 0 aliphatic carbocycles. The summed E-state index contributed by atoms with van der Waals surface area (Å²) in [6.45, 7) is 5.79. The smallest absolute Gasteiger partial charge is 0.224 e. The summed E-state index contributed by atoms with van der Waals surface area (Å²) in [7, 11) is 0. The molecule has 6 heteroatoms. The first-order valence-electron chi connectivity index (χ1n) is 9.92. The van der Waals surface area contributed by atoms with E-state index in [1.54, 1.807) is 18.3 Å². The van der Waals surface area contributed by atoms with E-state index in [1.165, 1.54) is 6.42 Å². The number of carbonyl (C=O) groups is 1. The number of phenols is 1. The van der Waals surface area contributed by atoms with Crippen LogP contribution in [0.25, 0.3) is 10.9 Å². The maximum atomic E-state index is 12.1. The summed E-state index contributed by atoms with van der Waals surface area (Å²) in [5.41, 5.74) is 1.64. The first kappa shape index (κ1) is 21.3. The predicted molar refractivity (Wildman–Crippen MR) is 107 cm³/mol. The standard InChI is InChI=1S/C21H32N2O4/c1-2-3-11-26-12-4-5-13-27-14-7-10-22-20(25)15-17-16-23-18-8-6-9-19(24)21(17)18/h6,8-9,16,23-24H,2-5,7,10-15H2,1H3,(H,22,25). The Morgan fingerprint density at radius 3 is 2.52 bits per heavy atom. The molecule has 2 aromatic rings. The Hall–Kier alpha value is -2.05. The Labute approximate surface area is 161 Å². The molecule has 1 amide bonds. The number of H-pyrrole nitrogens is 1. The van der Waals surface area contributed by atoms with Gasteiger partial charge in [-0.25, -0.2) is 0 Å². The van der Waals surface area contributed by atoms with E-state index in [9.17, 15) is 9.90 Å². The lowest BCUT2D eigenvalue weighted by Crippen LogP contribution is -2.26. The molecule has 0 unspecified atom stereocenters. The van der Waals surface area contributed by atoms with Crippen molar-refractivity contribution >= 4 is 16.8 Å². The lowest BCUT2D eigenvalue weighted by molar-refractivity contribution is -0.120. The van der Waals surface area contributed by atoms with Crippen LogP contribution in [0.1, 0.15) is 44.6 Å². The summed E-state index contributed by atoms with van der Waals surface area (Å²) in [5.74, 6) is 0.143. The van der Waals surface area contributed by atoms with Gasteiger partial charge in [0, 0.05) is 50.1 Å². The number of rotatable bonds is 14. The van der Waals surface area contributed by atoms with Crippen LogP contribution in [0, 0.1) is 0 Å². The molecule has 1 heterocycles. The van der Waals surface area contributed by atoms with Crippen LogP contribution in [-0.4, -0.2) is 49.0 Å². The van der Waals surface area contributed by atoms with Crippen LogP contribution in [-0.2, 0) is 20.7 Å². The molecule has 0 atom stereocenters. The Morgan fingerprint density at radius 2 is 1.78 bits per heavy atom. The van der Waals surface area contributed by atoms with Gasteiger partial charge < -0.3 is 24.9 Å². The van der Waals surface area contributed by atoms with Crippen molar-refractivity contribution in [1.29, 1.82) is 0 Å². The monoisotopic (exact) mass is 376 g/mol. The summed E-state index contributed by atoms with van der Waals surface area (Å²) in [6, 6.07) is 5.29. The number of phenolic OH excluding ortho intramolecular Hbond substituents is 1. The van der Waals surface area contributed by atoms with Gasteiger partial charge in [0.1, 0.15) is 5.75 Å². The number of aromatic nitrogens is 1. The molecule has 0 aliphatic heterocycles. The van der Waals surface area contributed by atoms with Gasteiger partial charge in [0.2, 0.25) is 5.91 Å². The number of unbranched alkanes of at least 4 members (excludes halogenated alkanes) is 2. The van der Waals surface area contributed by atoms with E-state index in [0.717, 1.165) is 62.0 Å². The highest BCUT2D eigenvalue weighted by Crippen LogP contribution is 2.27. The quantitative estimate of drug-likeness (QED) is 0.440. The van der Waals surface area contributed by atoms with Gasteiger partial charge in [-0.3, -0.25) is 4.79 Å². The van der Waals surface area contributed by atoms with E-state index in [-0.39, 0.29) is 18.1 Å². The van der Waals surface area contributed by atoms with Crippen molar-refractivity contribution < 1.29 is 19.4 Å². The minimum Gasteiger partial charge on any atom is -0.507 e. The summed E-state index contributed by atoms with van der Waals surface area (Å²) in [4.78, 5) is 15.2. The molecule has 27 heavy (non-hydrogen) atoms. The molecule has 6 nitrogen and oxygen atoms in total. The van der Waals surface area contributed by atoms with Crippen LogP contribution in [0.15, 0.2) is 24.4 Å². The first-order valence-corrected chi connectivity index (χ1v) is 9.92. The average Bonchev–Trinajstić information content (AvgIpc) is 3.07. The van der Waals surface area contributed by atoms with Crippen LogP contribution in [0.2, 0.25) is 0 Å². The minimum absolute atomic E-state index is 0.0524. The highest BCUT2D eigenvalue weighted by atomic mass is 16.5. The Balaban J connectivity index is 1.50. The largest absolute Gasteiger partial charge is 0.507 e. The molecule has 1 aromatic heterocycles. The van der Waals surface area contributed by atoms with Gasteiger partial charge >= 0.3 is 0 Å². The second-order valence-corrected chi connectivity index (χ2v) is 6.68. The molecule has 0 radical (unpaired) electrons. The molecule has 0 saturated heterocycles. The van der Waals surface area contributed by atoms with Gasteiger partial charge in [-0.2, -0.15) is 0 Å². The van der Waals surface area contributed by atoms with E-state index in [1.807, 2.05) is 6.07 Å². The zero-order valence-electron chi connectivity index (χ0n) is 16.3. The number of aromatic hydroxyl groups is 1. The third kappa shape index (κ3) is 7.61. The van der Waals surface area contributed by atoms with Crippen molar-refractivity contribution in [3.05, 3.63) is 30.0 Å². The number of nitrogens with one attached hydrogen (secondary N) is 2. The Bertz CT molecular complexity index is 684. The van der Waals surface area contributed by atoms with Crippen molar-refractivity contribution in [1.82, 2.24) is 10.3 Å². The SMILES string of the molecule is CCCCOCCCCOCCCNC(=O)Cc1c[nH]c2cccc(O)c12. The Kier molecular flexibility index (Phi) is 9.73. The number of amides is 1. The number of fused-ring (bicyclic) bond motifs is 1. The lowest BCUT2D eigenvalue weighted by Gasteiger charge is -2.07. The summed E-state index contributed by atoms with van der Waals surface area (Å²) < 4.78 is 11.1. The van der Waals surface area contributed by atoms with Crippen LogP contribution < -0.4 is 5.32 Å². The molecular weight excluding hydrogens is 344 g/mol. The van der Waals surface area contributed by atoms with E-state index >= 15 is 0 Å². The van der Waals surface area contributed by atoms with E-state index in [0.29, 0.717) is 13.2 Å². The predicted octanol–water partition coefficient (Wildman–Crippen LogP) is 3.54. The second kappa shape index (κ2) is 12.4. The molecule has 2 rings (SSSR count). The number of aromatic amines is 1. The van der Waals surface area contributed by atoms with Crippen molar-refractivity contribution in [3.8, 4) is 5.75 Å². The number of ether oxygens (including phenoxy) is 2. The molecule has 1 aromatic carbocycles. The van der Waals surface area contributed by atoms with Gasteiger partial charge in [-0.15, -0.1) is 0 Å². The zero-order chi connectivity index (χ0) is 19.3. The van der Waals surface area contributed by atoms with Crippen molar-refractivity contribution in [2.45, 2.75) is 45.4 Å². The fraction of sp³-hybridized carbons (Fsp3) is 0.571. The number of benzene rings is 1. The minimum atomic E-state index is -0.0524. The van der Waals surface area contributed by atoms with Crippen molar-refractivity contribution in [2.75, 3.05) is 33.0 Å². The van der Waals surface area contributed by atoms with E-state index in [2.05, 4.69) is 17.2 Å². The summed E-state index contributed by atoms with van der Waals surface area (Å²) in [5, 5.41) is 13.6. The van der Waals surface area contributed by atoms with Gasteiger partial charge in [0.25, 0.3) is 0 Å². The zero-order valence-corrected chi connectivity index (χ0v) is 16.3. The molecule has 0 spiro atoms. The molecule has 3 N–H and O–H groups in total. The van der Waals surface area contributed by atoms with Crippen LogP contribution in [0.5, 0.6) is 5.75 Å². The highest BCUT2D eigenvalue weighted by Gasteiger charge is 2.11. The number of hydrogen-bond acceptors (Lipinski definition) is 4.